The third-order valence-electron chi connectivity index (χ3n) is 3.67. The summed E-state index contributed by atoms with van der Waals surface area (Å²) in [5.74, 6) is 0.452. The smallest absolute Gasteiger partial charge is 0.0541 e. The van der Waals surface area contributed by atoms with Gasteiger partial charge in [0.05, 0.1) is 6.10 Å². The van der Waals surface area contributed by atoms with Crippen molar-refractivity contribution in [2.24, 2.45) is 5.92 Å². The van der Waals surface area contributed by atoms with E-state index in [0.717, 1.165) is 31.6 Å². The van der Waals surface area contributed by atoms with E-state index in [4.69, 9.17) is 5.73 Å². The number of piperidine rings is 1. The average Bonchev–Trinajstić information content (AvgIpc) is 2.28. The molecule has 1 aromatic carbocycles. The molecule has 3 nitrogen and oxygen atoms in total. The molecule has 0 spiro atoms. The molecule has 1 aliphatic rings. The standard InChI is InChI=1S/C14H22N2O/c1-10-7-13(15)9-14(8-10)16-5-3-12(4-6-16)11(2)17/h7-9,11-12,17H,3-6,15H2,1-2H3. The maximum absolute atomic E-state index is 9.58. The lowest BCUT2D eigenvalue weighted by atomic mass is 9.92. The summed E-state index contributed by atoms with van der Waals surface area (Å²) < 4.78 is 0. The molecule has 1 fully saturated rings. The SMILES string of the molecule is Cc1cc(N)cc(N2CCC(C(C)O)CC2)c1. The third-order valence-corrected chi connectivity index (χ3v) is 3.67. The van der Waals surface area contributed by atoms with Gasteiger partial charge in [0, 0.05) is 24.5 Å². The molecule has 1 atom stereocenters. The Kier molecular flexibility index (Phi) is 3.57. The highest BCUT2D eigenvalue weighted by Gasteiger charge is 2.22. The molecular formula is C14H22N2O. The molecule has 1 heterocycles. The summed E-state index contributed by atoms with van der Waals surface area (Å²) in [6.45, 7) is 5.99. The van der Waals surface area contributed by atoms with Crippen LogP contribution in [0.1, 0.15) is 25.3 Å². The zero-order chi connectivity index (χ0) is 12.4. The second kappa shape index (κ2) is 4.96. The highest BCUT2D eigenvalue weighted by molar-refractivity contribution is 5.58. The summed E-state index contributed by atoms with van der Waals surface area (Å²) in [4.78, 5) is 2.36. The van der Waals surface area contributed by atoms with Crippen molar-refractivity contribution in [2.45, 2.75) is 32.8 Å². The molecule has 1 aliphatic heterocycles. The minimum atomic E-state index is -0.181. The molecule has 3 heteroatoms. The van der Waals surface area contributed by atoms with Crippen LogP contribution in [0.4, 0.5) is 11.4 Å². The summed E-state index contributed by atoms with van der Waals surface area (Å²) in [6, 6.07) is 6.21. The van der Waals surface area contributed by atoms with Crippen molar-refractivity contribution < 1.29 is 5.11 Å². The van der Waals surface area contributed by atoms with E-state index in [1.807, 2.05) is 19.1 Å². The Labute approximate surface area is 103 Å². The van der Waals surface area contributed by atoms with Gasteiger partial charge in [-0.2, -0.15) is 0 Å². The Morgan fingerprint density at radius 1 is 1.29 bits per heavy atom. The topological polar surface area (TPSA) is 49.5 Å². The highest BCUT2D eigenvalue weighted by atomic mass is 16.3. The number of aliphatic hydroxyl groups is 1. The number of benzene rings is 1. The van der Waals surface area contributed by atoms with Crippen LogP contribution >= 0.6 is 0 Å². The maximum atomic E-state index is 9.58. The van der Waals surface area contributed by atoms with E-state index in [2.05, 4.69) is 17.9 Å². The summed E-state index contributed by atoms with van der Waals surface area (Å²) in [6.07, 6.45) is 1.94. The highest BCUT2D eigenvalue weighted by Crippen LogP contribution is 2.27. The zero-order valence-corrected chi connectivity index (χ0v) is 10.7. The number of nitrogens with zero attached hydrogens (tertiary/aromatic N) is 1. The van der Waals surface area contributed by atoms with Crippen LogP contribution in [0.3, 0.4) is 0 Å². The molecule has 0 bridgehead atoms. The quantitative estimate of drug-likeness (QED) is 0.771. The van der Waals surface area contributed by atoms with E-state index < -0.39 is 0 Å². The first-order valence-electron chi connectivity index (χ1n) is 6.36. The van der Waals surface area contributed by atoms with E-state index in [1.54, 1.807) is 0 Å². The van der Waals surface area contributed by atoms with E-state index in [-0.39, 0.29) is 6.10 Å². The normalized spacial score (nSPS) is 19.4. The van der Waals surface area contributed by atoms with Crippen LogP contribution in [0, 0.1) is 12.8 Å². The van der Waals surface area contributed by atoms with Crippen molar-refractivity contribution in [2.75, 3.05) is 23.7 Å². The Balaban J connectivity index is 2.05. The molecule has 17 heavy (non-hydrogen) atoms. The van der Waals surface area contributed by atoms with Gasteiger partial charge in [0.15, 0.2) is 0 Å². The molecule has 94 valence electrons. The molecule has 0 amide bonds. The summed E-state index contributed by atoms with van der Waals surface area (Å²) in [7, 11) is 0. The summed E-state index contributed by atoms with van der Waals surface area (Å²) in [5.41, 5.74) is 9.13. The van der Waals surface area contributed by atoms with Gasteiger partial charge in [-0.05, 0) is 56.4 Å². The maximum Gasteiger partial charge on any atom is 0.0541 e. The fourth-order valence-corrected chi connectivity index (χ4v) is 2.61. The molecular weight excluding hydrogens is 212 g/mol. The van der Waals surface area contributed by atoms with E-state index in [1.165, 1.54) is 11.3 Å². The number of hydrogen-bond donors (Lipinski definition) is 2. The fraction of sp³-hybridized carbons (Fsp3) is 0.571. The minimum Gasteiger partial charge on any atom is -0.399 e. The predicted molar refractivity (Wildman–Crippen MR) is 72.2 cm³/mol. The monoisotopic (exact) mass is 234 g/mol. The number of nitrogen functional groups attached to an aromatic ring is 1. The number of hydrogen-bond acceptors (Lipinski definition) is 3. The largest absolute Gasteiger partial charge is 0.399 e. The van der Waals surface area contributed by atoms with E-state index >= 15 is 0 Å². The van der Waals surface area contributed by atoms with Crippen LogP contribution in [-0.2, 0) is 0 Å². The molecule has 0 radical (unpaired) electrons. The zero-order valence-electron chi connectivity index (χ0n) is 10.7. The fourth-order valence-electron chi connectivity index (χ4n) is 2.61. The molecule has 1 saturated heterocycles. The average molecular weight is 234 g/mol. The minimum absolute atomic E-state index is 0.181. The molecule has 0 saturated carbocycles. The molecule has 1 aromatic rings. The van der Waals surface area contributed by atoms with E-state index in [9.17, 15) is 5.11 Å². The first-order chi connectivity index (χ1) is 8.06. The number of aliphatic hydroxyl groups excluding tert-OH is 1. The van der Waals surface area contributed by atoms with Crippen molar-refractivity contribution in [3.63, 3.8) is 0 Å². The van der Waals surface area contributed by atoms with Gasteiger partial charge < -0.3 is 15.7 Å². The molecule has 2 rings (SSSR count). The lowest BCUT2D eigenvalue weighted by Crippen LogP contribution is -2.37. The third kappa shape index (κ3) is 2.91. The van der Waals surface area contributed by atoms with Gasteiger partial charge >= 0.3 is 0 Å². The van der Waals surface area contributed by atoms with E-state index in [0.29, 0.717) is 5.92 Å². The van der Waals surface area contributed by atoms with Gasteiger partial charge in [0.2, 0.25) is 0 Å². The first-order valence-corrected chi connectivity index (χ1v) is 6.36. The van der Waals surface area contributed by atoms with Crippen LogP contribution < -0.4 is 10.6 Å². The second-order valence-corrected chi connectivity index (χ2v) is 5.17. The van der Waals surface area contributed by atoms with Crippen LogP contribution in [0.15, 0.2) is 18.2 Å². The first kappa shape index (κ1) is 12.2. The van der Waals surface area contributed by atoms with Crippen molar-refractivity contribution in [1.29, 1.82) is 0 Å². The second-order valence-electron chi connectivity index (χ2n) is 5.17. The lowest BCUT2D eigenvalue weighted by molar-refractivity contribution is 0.110. The lowest BCUT2D eigenvalue weighted by Gasteiger charge is -2.35. The number of rotatable bonds is 2. The van der Waals surface area contributed by atoms with Gasteiger partial charge in [0.1, 0.15) is 0 Å². The van der Waals surface area contributed by atoms with Crippen LogP contribution in [0.5, 0.6) is 0 Å². The van der Waals surface area contributed by atoms with Crippen LogP contribution in [0.25, 0.3) is 0 Å². The number of anilines is 2. The Hall–Kier alpha value is -1.22. The summed E-state index contributed by atoms with van der Waals surface area (Å²) in [5, 5.41) is 9.58. The van der Waals surface area contributed by atoms with Gasteiger partial charge in [-0.1, -0.05) is 0 Å². The van der Waals surface area contributed by atoms with Gasteiger partial charge in [-0.25, -0.2) is 0 Å². The molecule has 0 aromatic heterocycles. The molecule has 3 N–H and O–H groups in total. The summed E-state index contributed by atoms with van der Waals surface area (Å²) >= 11 is 0. The predicted octanol–water partition coefficient (Wildman–Crippen LogP) is 2.17. The van der Waals surface area contributed by atoms with Gasteiger partial charge in [0.25, 0.3) is 0 Å². The Bertz CT molecular complexity index is 362. The van der Waals surface area contributed by atoms with Crippen LogP contribution in [0.2, 0.25) is 0 Å². The van der Waals surface area contributed by atoms with Crippen molar-refractivity contribution >= 4 is 11.4 Å². The molecule has 0 aliphatic carbocycles. The van der Waals surface area contributed by atoms with Gasteiger partial charge in [-0.15, -0.1) is 0 Å². The number of nitrogens with two attached hydrogens (primary N) is 1. The van der Waals surface area contributed by atoms with Crippen LogP contribution in [-0.4, -0.2) is 24.3 Å². The Morgan fingerprint density at radius 3 is 2.47 bits per heavy atom. The molecule has 1 unspecified atom stereocenters. The van der Waals surface area contributed by atoms with Crippen molar-refractivity contribution in [3.05, 3.63) is 23.8 Å². The van der Waals surface area contributed by atoms with Crippen molar-refractivity contribution in [1.82, 2.24) is 0 Å². The Morgan fingerprint density at radius 2 is 1.94 bits per heavy atom. The van der Waals surface area contributed by atoms with Crippen molar-refractivity contribution in [3.8, 4) is 0 Å². The van der Waals surface area contributed by atoms with Gasteiger partial charge in [-0.3, -0.25) is 0 Å². The number of aryl methyl sites for hydroxylation is 1.